The van der Waals surface area contributed by atoms with Gasteiger partial charge in [-0.2, -0.15) is 0 Å². The van der Waals surface area contributed by atoms with Crippen LogP contribution in [-0.4, -0.2) is 43.3 Å². The lowest BCUT2D eigenvalue weighted by Crippen LogP contribution is -2.40. The van der Waals surface area contributed by atoms with E-state index in [-0.39, 0.29) is 24.1 Å². The van der Waals surface area contributed by atoms with Crippen LogP contribution < -0.4 is 9.64 Å². The predicted octanol–water partition coefficient (Wildman–Crippen LogP) is 1.93. The van der Waals surface area contributed by atoms with Crippen LogP contribution in [0, 0.1) is 11.8 Å². The average molecular weight is 343 g/mol. The molecule has 2 fully saturated rings. The van der Waals surface area contributed by atoms with Gasteiger partial charge in [0.1, 0.15) is 17.3 Å². The zero-order valence-corrected chi connectivity index (χ0v) is 14.5. The monoisotopic (exact) mass is 343 g/mol. The quantitative estimate of drug-likeness (QED) is 0.617. The molecule has 2 saturated heterocycles. The summed E-state index contributed by atoms with van der Waals surface area (Å²) >= 11 is 0. The van der Waals surface area contributed by atoms with Gasteiger partial charge in [-0.15, -0.1) is 0 Å². The fourth-order valence-corrected chi connectivity index (χ4v) is 4.13. The maximum absolute atomic E-state index is 13.2. The number of para-hydroxylation sites is 2. The normalized spacial score (nSPS) is 32.4. The summed E-state index contributed by atoms with van der Waals surface area (Å²) in [7, 11) is 1.57. The molecule has 3 heterocycles. The Kier molecular flexibility index (Phi) is 3.61. The number of benzene rings is 1. The molecule has 0 N–H and O–H groups in total. The first-order chi connectivity index (χ1) is 12.0. The number of anilines is 1. The smallest absolute Gasteiger partial charge is 0.313 e. The van der Waals surface area contributed by atoms with Crippen LogP contribution in [0.25, 0.3) is 0 Å². The molecule has 1 amide bonds. The molecule has 1 aromatic rings. The molecule has 4 atom stereocenters. The van der Waals surface area contributed by atoms with Crippen LogP contribution in [-0.2, 0) is 19.1 Å². The SMILES string of the molecule is COc1ccccc1N1C[C@@]23C=C[C@@H](O2)[C@H](C(=O)OC(C)C)[C@@H]3C1=O. The first-order valence-electron chi connectivity index (χ1n) is 8.49. The summed E-state index contributed by atoms with van der Waals surface area (Å²) in [6.07, 6.45) is 3.18. The zero-order chi connectivity index (χ0) is 17.8. The molecule has 0 unspecified atom stereocenters. The van der Waals surface area contributed by atoms with E-state index in [1.807, 2.05) is 36.4 Å². The Bertz CT molecular complexity index is 758. The maximum atomic E-state index is 13.2. The molecule has 6 nitrogen and oxygen atoms in total. The Morgan fingerprint density at radius 1 is 1.36 bits per heavy atom. The first-order valence-corrected chi connectivity index (χ1v) is 8.49. The molecular weight excluding hydrogens is 322 g/mol. The molecule has 1 aromatic carbocycles. The third-order valence-corrected chi connectivity index (χ3v) is 5.10. The third-order valence-electron chi connectivity index (χ3n) is 5.10. The van der Waals surface area contributed by atoms with Gasteiger partial charge < -0.3 is 19.1 Å². The summed E-state index contributed by atoms with van der Waals surface area (Å²) in [5.41, 5.74) is -0.0706. The summed E-state index contributed by atoms with van der Waals surface area (Å²) < 4.78 is 16.8. The van der Waals surface area contributed by atoms with E-state index in [0.29, 0.717) is 18.0 Å². The second-order valence-electron chi connectivity index (χ2n) is 6.98. The molecule has 25 heavy (non-hydrogen) atoms. The number of amides is 1. The summed E-state index contributed by atoms with van der Waals surface area (Å²) in [6, 6.07) is 7.36. The lowest BCUT2D eigenvalue weighted by atomic mass is 9.77. The number of esters is 1. The van der Waals surface area contributed by atoms with Crippen molar-refractivity contribution in [1.29, 1.82) is 0 Å². The number of methoxy groups -OCH3 is 1. The molecule has 0 aliphatic carbocycles. The van der Waals surface area contributed by atoms with E-state index in [1.165, 1.54) is 0 Å². The van der Waals surface area contributed by atoms with E-state index >= 15 is 0 Å². The van der Waals surface area contributed by atoms with Crippen molar-refractivity contribution >= 4 is 17.6 Å². The van der Waals surface area contributed by atoms with Gasteiger partial charge in [0, 0.05) is 0 Å². The second kappa shape index (κ2) is 5.59. The van der Waals surface area contributed by atoms with Gasteiger partial charge in [0.25, 0.3) is 0 Å². The van der Waals surface area contributed by atoms with Crippen LogP contribution >= 0.6 is 0 Å². The number of rotatable bonds is 4. The number of nitrogens with zero attached hydrogens (tertiary/aromatic N) is 1. The van der Waals surface area contributed by atoms with Crippen LogP contribution in [0.2, 0.25) is 0 Å². The van der Waals surface area contributed by atoms with Crippen molar-refractivity contribution in [2.45, 2.75) is 31.7 Å². The van der Waals surface area contributed by atoms with Gasteiger partial charge in [-0.3, -0.25) is 9.59 Å². The van der Waals surface area contributed by atoms with Crippen molar-refractivity contribution in [2.24, 2.45) is 11.8 Å². The summed E-state index contributed by atoms with van der Waals surface area (Å²) in [4.78, 5) is 27.4. The standard InChI is InChI=1S/C19H21NO5/c1-11(2)24-18(22)15-14-8-9-19(25-14)10-20(17(21)16(15)19)12-6-4-5-7-13(12)23-3/h4-9,11,14-16H,10H2,1-3H3/t14-,15+,16-,19-/m1/s1. The number of carbonyl (C=O) groups is 2. The van der Waals surface area contributed by atoms with Gasteiger partial charge in [0.15, 0.2) is 0 Å². The Labute approximate surface area is 146 Å². The summed E-state index contributed by atoms with van der Waals surface area (Å²) in [5, 5.41) is 0. The Morgan fingerprint density at radius 2 is 2.12 bits per heavy atom. The molecular formula is C19H21NO5. The van der Waals surface area contributed by atoms with E-state index < -0.39 is 17.4 Å². The summed E-state index contributed by atoms with van der Waals surface area (Å²) in [5.74, 6) is -1.03. The minimum Gasteiger partial charge on any atom is -0.495 e. The number of hydrogen-bond donors (Lipinski definition) is 0. The Morgan fingerprint density at radius 3 is 2.84 bits per heavy atom. The van der Waals surface area contributed by atoms with Crippen molar-refractivity contribution in [1.82, 2.24) is 0 Å². The summed E-state index contributed by atoms with van der Waals surface area (Å²) in [6.45, 7) is 3.97. The maximum Gasteiger partial charge on any atom is 0.313 e. The van der Waals surface area contributed by atoms with E-state index in [2.05, 4.69) is 0 Å². The number of carbonyl (C=O) groups excluding carboxylic acids is 2. The number of fused-ring (bicyclic) bond motifs is 1. The molecule has 0 aromatic heterocycles. The first kappa shape index (κ1) is 16.1. The van der Waals surface area contributed by atoms with Crippen LogP contribution in [0.3, 0.4) is 0 Å². The highest BCUT2D eigenvalue weighted by Gasteiger charge is 2.67. The lowest BCUT2D eigenvalue weighted by molar-refractivity contribution is -0.156. The predicted molar refractivity (Wildman–Crippen MR) is 90.3 cm³/mol. The largest absolute Gasteiger partial charge is 0.495 e. The molecule has 0 radical (unpaired) electrons. The van der Waals surface area contributed by atoms with Crippen LogP contribution in [0.4, 0.5) is 5.69 Å². The van der Waals surface area contributed by atoms with Crippen LogP contribution in [0.1, 0.15) is 13.8 Å². The minimum absolute atomic E-state index is 0.123. The molecule has 6 heteroatoms. The fraction of sp³-hybridized carbons (Fsp3) is 0.474. The van der Waals surface area contributed by atoms with Crippen molar-refractivity contribution < 1.29 is 23.8 Å². The molecule has 2 bridgehead atoms. The lowest BCUT2D eigenvalue weighted by Gasteiger charge is -2.23. The molecule has 132 valence electrons. The van der Waals surface area contributed by atoms with Gasteiger partial charge >= 0.3 is 5.97 Å². The van der Waals surface area contributed by atoms with Crippen LogP contribution in [0.15, 0.2) is 36.4 Å². The van der Waals surface area contributed by atoms with E-state index in [1.54, 1.807) is 25.9 Å². The third kappa shape index (κ3) is 2.28. The van der Waals surface area contributed by atoms with Gasteiger partial charge in [-0.05, 0) is 26.0 Å². The zero-order valence-electron chi connectivity index (χ0n) is 14.5. The van der Waals surface area contributed by atoms with E-state index in [4.69, 9.17) is 14.2 Å². The van der Waals surface area contributed by atoms with E-state index in [0.717, 1.165) is 0 Å². The molecule has 1 spiro atoms. The molecule has 4 rings (SSSR count). The Balaban J connectivity index is 1.69. The highest BCUT2D eigenvalue weighted by molar-refractivity contribution is 6.03. The van der Waals surface area contributed by atoms with Gasteiger partial charge in [0.2, 0.25) is 5.91 Å². The fourth-order valence-electron chi connectivity index (χ4n) is 4.13. The minimum atomic E-state index is -0.761. The Hall–Kier alpha value is -2.34. The van der Waals surface area contributed by atoms with Gasteiger partial charge in [-0.25, -0.2) is 0 Å². The van der Waals surface area contributed by atoms with Gasteiger partial charge in [-0.1, -0.05) is 24.3 Å². The van der Waals surface area contributed by atoms with Crippen LogP contribution in [0.5, 0.6) is 5.75 Å². The van der Waals surface area contributed by atoms with Crippen molar-refractivity contribution in [3.63, 3.8) is 0 Å². The number of ether oxygens (including phenoxy) is 3. The highest BCUT2D eigenvalue weighted by Crippen LogP contribution is 2.53. The average Bonchev–Trinajstić information content (AvgIpc) is 3.22. The highest BCUT2D eigenvalue weighted by atomic mass is 16.6. The van der Waals surface area contributed by atoms with E-state index in [9.17, 15) is 9.59 Å². The number of hydrogen-bond acceptors (Lipinski definition) is 5. The van der Waals surface area contributed by atoms with Crippen molar-refractivity contribution in [2.75, 3.05) is 18.6 Å². The molecule has 0 saturated carbocycles. The molecule has 3 aliphatic heterocycles. The molecule has 3 aliphatic rings. The van der Waals surface area contributed by atoms with Crippen molar-refractivity contribution in [3.05, 3.63) is 36.4 Å². The van der Waals surface area contributed by atoms with Gasteiger partial charge in [0.05, 0.1) is 37.5 Å². The van der Waals surface area contributed by atoms with Crippen molar-refractivity contribution in [3.8, 4) is 5.75 Å². The second-order valence-corrected chi connectivity index (χ2v) is 6.98. The topological polar surface area (TPSA) is 65.1 Å².